The van der Waals surface area contributed by atoms with Crippen LogP contribution >= 0.6 is 11.3 Å². The number of nitrogen functional groups attached to an aromatic ring is 1. The molecule has 0 radical (unpaired) electrons. The lowest BCUT2D eigenvalue weighted by Gasteiger charge is -2.22. The zero-order valence-corrected chi connectivity index (χ0v) is 13.8. The maximum atomic E-state index is 11.6. The van der Waals surface area contributed by atoms with Gasteiger partial charge < -0.3 is 5.73 Å². The minimum absolute atomic E-state index is 0.0723. The molecule has 22 heavy (non-hydrogen) atoms. The monoisotopic (exact) mass is 336 g/mol. The van der Waals surface area contributed by atoms with Gasteiger partial charge in [-0.2, -0.15) is 0 Å². The van der Waals surface area contributed by atoms with Crippen LogP contribution in [-0.4, -0.2) is 18.4 Å². The van der Waals surface area contributed by atoms with E-state index >= 15 is 0 Å². The van der Waals surface area contributed by atoms with Crippen molar-refractivity contribution in [2.24, 2.45) is 11.1 Å². The number of aromatic nitrogens is 2. The van der Waals surface area contributed by atoms with E-state index < -0.39 is 10.0 Å². The Morgan fingerprint density at radius 2 is 2.05 bits per heavy atom. The summed E-state index contributed by atoms with van der Waals surface area (Å²) in [6.45, 7) is 4.01. The van der Waals surface area contributed by atoms with Gasteiger partial charge >= 0.3 is 0 Å². The predicted molar refractivity (Wildman–Crippen MR) is 88.8 cm³/mol. The second kappa shape index (κ2) is 5.15. The summed E-state index contributed by atoms with van der Waals surface area (Å²) in [6, 6.07) is 0. The van der Waals surface area contributed by atoms with Crippen LogP contribution in [0, 0.1) is 12.8 Å². The van der Waals surface area contributed by atoms with Crippen molar-refractivity contribution in [3.05, 3.63) is 39.9 Å². The van der Waals surface area contributed by atoms with Crippen molar-refractivity contribution >= 4 is 37.4 Å². The van der Waals surface area contributed by atoms with Crippen LogP contribution < -0.4 is 10.9 Å². The van der Waals surface area contributed by atoms with Gasteiger partial charge in [-0.1, -0.05) is 19.1 Å². The Morgan fingerprint density at radius 3 is 2.68 bits per heavy atom. The molecule has 0 saturated heterocycles. The fourth-order valence-electron chi connectivity index (χ4n) is 2.63. The first-order valence-electron chi connectivity index (χ1n) is 6.71. The summed E-state index contributed by atoms with van der Waals surface area (Å²) < 4.78 is 24.0. The first kappa shape index (κ1) is 15.1. The Bertz CT molecular complexity index is 912. The summed E-state index contributed by atoms with van der Waals surface area (Å²) in [5, 5.41) is 5.25. The largest absolute Gasteiger partial charge is 0.382 e. The summed E-state index contributed by atoms with van der Waals surface area (Å²) in [7, 11) is -3.72. The molecule has 0 spiro atoms. The lowest BCUT2D eigenvalue weighted by molar-refractivity contribution is 0.600. The number of hydrogen-bond acceptors (Lipinski definition) is 6. The maximum Gasteiger partial charge on any atom is 0.237 e. The van der Waals surface area contributed by atoms with Crippen molar-refractivity contribution in [3.8, 4) is 0 Å². The molecule has 0 amide bonds. The first-order chi connectivity index (χ1) is 10.3. The van der Waals surface area contributed by atoms with E-state index in [2.05, 4.69) is 9.97 Å². The fraction of sp³-hybridized carbons (Fsp3) is 0.286. The average Bonchev–Trinajstić information content (AvgIpc) is 2.77. The Hall–Kier alpha value is -1.77. The number of allylic oxidation sites excluding steroid dienone is 3. The first-order valence-corrected chi connectivity index (χ1v) is 9.07. The molecule has 0 saturated carbocycles. The normalized spacial score (nSPS) is 22.0. The van der Waals surface area contributed by atoms with Crippen molar-refractivity contribution in [1.29, 1.82) is 0 Å². The molecule has 6 nitrogen and oxygen atoms in total. The van der Waals surface area contributed by atoms with E-state index in [4.69, 9.17) is 10.9 Å². The minimum atomic E-state index is -3.72. The summed E-state index contributed by atoms with van der Waals surface area (Å²) in [5.41, 5.74) is 7.74. The number of aryl methyl sites for hydroxylation is 1. The predicted octanol–water partition coefficient (Wildman–Crippen LogP) is 2.04. The van der Waals surface area contributed by atoms with Crippen LogP contribution in [-0.2, 0) is 10.0 Å². The highest BCUT2D eigenvalue weighted by molar-refractivity contribution is 7.93. The maximum absolute atomic E-state index is 11.6. The van der Waals surface area contributed by atoms with E-state index in [1.807, 2.05) is 19.9 Å². The highest BCUT2D eigenvalue weighted by Crippen LogP contribution is 2.42. The van der Waals surface area contributed by atoms with Gasteiger partial charge in [0, 0.05) is 10.8 Å². The van der Waals surface area contributed by atoms with Crippen molar-refractivity contribution in [2.75, 3.05) is 5.73 Å². The third-order valence-corrected chi connectivity index (χ3v) is 6.21. The van der Waals surface area contributed by atoms with Crippen molar-refractivity contribution in [3.63, 3.8) is 0 Å². The number of anilines is 1. The van der Waals surface area contributed by atoms with Gasteiger partial charge in [0.15, 0.2) is 0 Å². The fourth-order valence-corrected chi connectivity index (χ4v) is 4.58. The van der Waals surface area contributed by atoms with Crippen molar-refractivity contribution in [1.82, 2.24) is 9.97 Å². The molecule has 2 heterocycles. The molecule has 1 aliphatic rings. The Balaban J connectivity index is 2.18. The summed E-state index contributed by atoms with van der Waals surface area (Å²) >= 11 is 1.51. The van der Waals surface area contributed by atoms with E-state index in [-0.39, 0.29) is 16.7 Å². The van der Waals surface area contributed by atoms with Crippen molar-refractivity contribution < 1.29 is 8.42 Å². The summed E-state index contributed by atoms with van der Waals surface area (Å²) in [6.07, 6.45) is 6.58. The summed E-state index contributed by atoms with van der Waals surface area (Å²) in [5.74, 6) is 0.530. The molecule has 2 atom stereocenters. The average molecular weight is 336 g/mol. The van der Waals surface area contributed by atoms with E-state index in [1.165, 1.54) is 17.7 Å². The topological polar surface area (TPSA) is 112 Å². The van der Waals surface area contributed by atoms with E-state index in [0.717, 1.165) is 20.7 Å². The molecular weight excluding hydrogens is 320 g/mol. The Labute approximate surface area is 132 Å². The molecule has 8 heteroatoms. The van der Waals surface area contributed by atoms with E-state index in [9.17, 15) is 8.42 Å². The lowest BCUT2D eigenvalue weighted by atomic mass is 9.87. The number of primary sulfonamides is 1. The zero-order chi connectivity index (χ0) is 16.1. The molecule has 2 aromatic heterocycles. The van der Waals surface area contributed by atoms with Crippen LogP contribution in [0.3, 0.4) is 0 Å². The number of nitrogens with two attached hydrogens (primary N) is 2. The molecule has 0 aliphatic heterocycles. The summed E-state index contributed by atoms with van der Waals surface area (Å²) in [4.78, 5) is 9.49. The molecule has 2 unspecified atom stereocenters. The standard InChI is InChI=1S/C14H16N4O2S2/c1-7-3-4-9(22(16,19)20)5-10(7)12-8(2)11-13(21-12)14(15)18-6-17-11/h3-7,10H,1-2H3,(H2,15,17,18)(H2,16,19,20). The molecule has 4 N–H and O–H groups in total. The number of thiophene rings is 1. The number of nitrogens with zero attached hydrogens (tertiary/aromatic N) is 2. The van der Waals surface area contributed by atoms with Gasteiger partial charge in [-0.3, -0.25) is 0 Å². The molecule has 2 aromatic rings. The molecule has 116 valence electrons. The Kier molecular flexibility index (Phi) is 3.54. The third kappa shape index (κ3) is 2.43. The molecule has 3 rings (SSSR count). The molecule has 0 fully saturated rings. The van der Waals surface area contributed by atoms with E-state index in [1.54, 1.807) is 12.2 Å². The molecular formula is C14H16N4O2S2. The number of fused-ring (bicyclic) bond motifs is 1. The van der Waals surface area contributed by atoms with Crippen LogP contribution in [0.2, 0.25) is 0 Å². The SMILES string of the molecule is Cc1c(C2C=C(S(N)(=O)=O)C=CC2C)sc2c(N)ncnc12. The smallest absolute Gasteiger partial charge is 0.237 e. The van der Waals surface area contributed by atoms with Gasteiger partial charge in [0.1, 0.15) is 12.1 Å². The van der Waals surface area contributed by atoms with Gasteiger partial charge in [-0.25, -0.2) is 23.5 Å². The third-order valence-electron chi connectivity index (χ3n) is 3.87. The molecule has 0 bridgehead atoms. The van der Waals surface area contributed by atoms with Gasteiger partial charge in [0.2, 0.25) is 10.0 Å². The number of rotatable bonds is 2. The van der Waals surface area contributed by atoms with Crippen LogP contribution in [0.5, 0.6) is 0 Å². The quantitative estimate of drug-likeness (QED) is 0.871. The Morgan fingerprint density at radius 1 is 1.32 bits per heavy atom. The second-order valence-electron chi connectivity index (χ2n) is 5.39. The lowest BCUT2D eigenvalue weighted by Crippen LogP contribution is -2.18. The van der Waals surface area contributed by atoms with Crippen LogP contribution in [0.15, 0.2) is 29.5 Å². The number of sulfonamides is 1. The van der Waals surface area contributed by atoms with Crippen LogP contribution in [0.1, 0.15) is 23.3 Å². The van der Waals surface area contributed by atoms with Crippen molar-refractivity contribution in [2.45, 2.75) is 19.8 Å². The molecule has 1 aliphatic carbocycles. The van der Waals surface area contributed by atoms with Gasteiger partial charge in [-0.15, -0.1) is 11.3 Å². The second-order valence-corrected chi connectivity index (χ2v) is 8.00. The van der Waals surface area contributed by atoms with Crippen LogP contribution in [0.4, 0.5) is 5.82 Å². The van der Waals surface area contributed by atoms with E-state index in [0.29, 0.717) is 5.82 Å². The zero-order valence-electron chi connectivity index (χ0n) is 12.1. The minimum Gasteiger partial charge on any atom is -0.382 e. The van der Waals surface area contributed by atoms with Gasteiger partial charge in [0.05, 0.1) is 15.1 Å². The van der Waals surface area contributed by atoms with Gasteiger partial charge in [0.25, 0.3) is 0 Å². The number of hydrogen-bond donors (Lipinski definition) is 2. The highest BCUT2D eigenvalue weighted by atomic mass is 32.2. The van der Waals surface area contributed by atoms with Crippen LogP contribution in [0.25, 0.3) is 10.2 Å². The molecule has 0 aromatic carbocycles. The highest BCUT2D eigenvalue weighted by Gasteiger charge is 2.27. The van der Waals surface area contributed by atoms with Gasteiger partial charge in [-0.05, 0) is 24.5 Å².